The van der Waals surface area contributed by atoms with E-state index in [9.17, 15) is 31.1 Å². The minimum atomic E-state index is -4.46. The zero-order valence-electron chi connectivity index (χ0n) is 24.9. The van der Waals surface area contributed by atoms with E-state index in [0.29, 0.717) is 18.7 Å². The summed E-state index contributed by atoms with van der Waals surface area (Å²) in [6.45, 7) is 1.07. The topological polar surface area (TPSA) is 29.5 Å². The second-order valence-electron chi connectivity index (χ2n) is 13.0. The van der Waals surface area contributed by atoms with Gasteiger partial charge in [-0.2, -0.15) is 26.3 Å². The summed E-state index contributed by atoms with van der Waals surface area (Å²) in [6, 6.07) is 28.2. The van der Waals surface area contributed by atoms with Crippen LogP contribution < -0.4 is 0 Å². The van der Waals surface area contributed by atoms with E-state index in [1.54, 1.807) is 24.3 Å². The standard InChI is InChI=1S/C37H31F6NO2/c1-46-33(45)26-11-15-27(16-12-26)34-21-35(22-34)30(31(34)24-9-17-29(18-10-24)37(41,42)43)20-44(32(35)25-5-3-2-4-6-25)19-23-7-13-28(14-8-23)36(38,39)40/h2-18,30-32H,19-22H2,1H3/t30-,31?,32-,34?,35?/m1/s1. The van der Waals surface area contributed by atoms with Crippen LogP contribution in [0, 0.1) is 11.3 Å². The summed E-state index contributed by atoms with van der Waals surface area (Å²) in [5.74, 6) is -0.480. The third-order valence-corrected chi connectivity index (χ3v) is 10.6. The molecule has 1 spiro atoms. The summed E-state index contributed by atoms with van der Waals surface area (Å²) in [6.07, 6.45) is -7.30. The quantitative estimate of drug-likeness (QED) is 0.156. The van der Waals surface area contributed by atoms with Gasteiger partial charge in [0, 0.05) is 24.5 Å². The molecule has 4 fully saturated rings. The van der Waals surface area contributed by atoms with E-state index in [2.05, 4.69) is 17.0 Å². The smallest absolute Gasteiger partial charge is 0.416 e. The number of likely N-dealkylation sites (tertiary alicyclic amines) is 1. The highest BCUT2D eigenvalue weighted by Gasteiger charge is 2.77. The van der Waals surface area contributed by atoms with Crippen molar-refractivity contribution in [2.75, 3.05) is 13.7 Å². The summed E-state index contributed by atoms with van der Waals surface area (Å²) in [7, 11) is 1.32. The predicted octanol–water partition coefficient (Wildman–Crippen LogP) is 9.20. The molecule has 4 aliphatic rings. The van der Waals surface area contributed by atoms with Crippen LogP contribution in [0.3, 0.4) is 0 Å². The molecular formula is C37H31F6NO2. The lowest BCUT2D eigenvalue weighted by molar-refractivity contribution is -0.138. The lowest BCUT2D eigenvalue weighted by Gasteiger charge is -2.53. The van der Waals surface area contributed by atoms with Gasteiger partial charge in [-0.15, -0.1) is 0 Å². The molecule has 9 heteroatoms. The fraction of sp³-hybridized carbons (Fsp3) is 0.324. The molecule has 3 nitrogen and oxygen atoms in total. The van der Waals surface area contributed by atoms with Crippen molar-refractivity contribution in [3.05, 3.63) is 142 Å². The number of esters is 1. The van der Waals surface area contributed by atoms with Crippen LogP contribution in [0.4, 0.5) is 26.3 Å². The average molecular weight is 636 g/mol. The maximum Gasteiger partial charge on any atom is 0.416 e. The molecule has 8 rings (SSSR count). The summed E-state index contributed by atoms with van der Waals surface area (Å²) in [5.41, 5.74) is 2.20. The normalized spacial score (nSPS) is 27.2. The van der Waals surface area contributed by atoms with Crippen LogP contribution in [0.5, 0.6) is 0 Å². The van der Waals surface area contributed by atoms with Gasteiger partial charge in [-0.1, -0.05) is 66.7 Å². The number of benzene rings is 4. The Bertz CT molecular complexity index is 1720. The summed E-state index contributed by atoms with van der Waals surface area (Å²) >= 11 is 0. The monoisotopic (exact) mass is 635 g/mol. The van der Waals surface area contributed by atoms with Crippen LogP contribution in [0.15, 0.2) is 103 Å². The SMILES string of the molecule is COC(=O)c1ccc(C23CC4(C2)[C@H](CN(Cc2ccc(C(F)(F)F)cc2)[C@@H]4c2ccccc2)C3c2ccc(C(F)(F)F)cc2)cc1. The van der Waals surface area contributed by atoms with Crippen molar-refractivity contribution >= 4 is 5.97 Å². The van der Waals surface area contributed by atoms with Gasteiger partial charge in [0.05, 0.1) is 23.8 Å². The lowest BCUT2D eigenvalue weighted by atomic mass is 9.52. The molecule has 2 bridgehead atoms. The Hall–Kier alpha value is -4.11. The van der Waals surface area contributed by atoms with Crippen molar-refractivity contribution < 1.29 is 35.9 Å². The van der Waals surface area contributed by atoms with E-state index in [4.69, 9.17) is 4.74 Å². The summed E-state index contributed by atoms with van der Waals surface area (Å²) in [5, 5.41) is 0. The largest absolute Gasteiger partial charge is 0.465 e. The number of carbonyl (C=O) groups excluding carboxylic acids is 1. The molecule has 1 aliphatic heterocycles. The highest BCUT2D eigenvalue weighted by molar-refractivity contribution is 5.89. The number of hydrogen-bond acceptors (Lipinski definition) is 3. The Labute approximate surface area is 262 Å². The molecule has 1 saturated heterocycles. The highest BCUT2D eigenvalue weighted by Crippen LogP contribution is 2.82. The lowest BCUT2D eigenvalue weighted by Crippen LogP contribution is -2.47. The molecule has 238 valence electrons. The third kappa shape index (κ3) is 4.82. The summed E-state index contributed by atoms with van der Waals surface area (Å²) in [4.78, 5) is 14.5. The van der Waals surface area contributed by atoms with Crippen LogP contribution in [0.25, 0.3) is 0 Å². The Morgan fingerprint density at radius 3 is 1.87 bits per heavy atom. The second kappa shape index (κ2) is 10.7. The van der Waals surface area contributed by atoms with Crippen LogP contribution in [-0.4, -0.2) is 24.5 Å². The Morgan fingerprint density at radius 1 is 0.761 bits per heavy atom. The molecular weight excluding hydrogens is 604 g/mol. The van der Waals surface area contributed by atoms with E-state index < -0.39 is 29.4 Å². The van der Waals surface area contributed by atoms with Crippen molar-refractivity contribution in [3.63, 3.8) is 0 Å². The fourth-order valence-corrected chi connectivity index (χ4v) is 8.97. The minimum absolute atomic E-state index is 0.0390. The zero-order chi connectivity index (χ0) is 32.5. The van der Waals surface area contributed by atoms with Crippen LogP contribution >= 0.6 is 0 Å². The maximum absolute atomic E-state index is 13.5. The molecule has 3 atom stereocenters. The van der Waals surface area contributed by atoms with Crippen molar-refractivity contribution in [1.82, 2.24) is 4.90 Å². The first-order valence-corrected chi connectivity index (χ1v) is 15.2. The van der Waals surface area contributed by atoms with Crippen LogP contribution in [0.1, 0.15) is 68.5 Å². The first-order valence-electron chi connectivity index (χ1n) is 15.2. The third-order valence-electron chi connectivity index (χ3n) is 10.6. The van der Waals surface area contributed by atoms with Gasteiger partial charge < -0.3 is 4.74 Å². The van der Waals surface area contributed by atoms with Gasteiger partial charge >= 0.3 is 18.3 Å². The van der Waals surface area contributed by atoms with Crippen molar-refractivity contribution in [1.29, 1.82) is 0 Å². The van der Waals surface area contributed by atoms with Gasteiger partial charge in [-0.25, -0.2) is 4.79 Å². The van der Waals surface area contributed by atoms with E-state index in [1.807, 2.05) is 30.3 Å². The van der Waals surface area contributed by atoms with Gasteiger partial charge in [0.25, 0.3) is 0 Å². The number of carbonyl (C=O) groups is 1. The van der Waals surface area contributed by atoms with E-state index in [1.165, 1.54) is 19.2 Å². The Kier molecular flexibility index (Phi) is 7.12. The fourth-order valence-electron chi connectivity index (χ4n) is 8.97. The number of rotatable bonds is 6. The molecule has 3 aliphatic carbocycles. The number of methoxy groups -OCH3 is 1. The van der Waals surface area contributed by atoms with Gasteiger partial charge in [-0.3, -0.25) is 4.90 Å². The van der Waals surface area contributed by atoms with Gasteiger partial charge in [0.1, 0.15) is 0 Å². The molecule has 4 aromatic rings. The average Bonchev–Trinajstić information content (AvgIpc) is 3.59. The Balaban J connectivity index is 1.30. The molecule has 1 unspecified atom stereocenters. The van der Waals surface area contributed by atoms with E-state index in [0.717, 1.165) is 59.4 Å². The minimum Gasteiger partial charge on any atom is -0.465 e. The predicted molar refractivity (Wildman–Crippen MR) is 160 cm³/mol. The molecule has 46 heavy (non-hydrogen) atoms. The summed E-state index contributed by atoms with van der Waals surface area (Å²) < 4.78 is 85.3. The first kappa shape index (κ1) is 30.5. The van der Waals surface area contributed by atoms with Crippen LogP contribution in [0.2, 0.25) is 0 Å². The first-order chi connectivity index (χ1) is 21.9. The Morgan fingerprint density at radius 2 is 1.33 bits per heavy atom. The number of nitrogens with zero attached hydrogens (tertiary/aromatic N) is 1. The highest BCUT2D eigenvalue weighted by atomic mass is 19.4. The van der Waals surface area contributed by atoms with Gasteiger partial charge in [0.2, 0.25) is 0 Å². The number of alkyl halides is 6. The molecule has 0 radical (unpaired) electrons. The maximum atomic E-state index is 13.5. The molecule has 0 aromatic heterocycles. The molecule has 0 N–H and O–H groups in total. The zero-order valence-corrected chi connectivity index (χ0v) is 24.9. The van der Waals surface area contributed by atoms with E-state index in [-0.39, 0.29) is 28.7 Å². The van der Waals surface area contributed by atoms with Gasteiger partial charge in [-0.05, 0) is 88.7 Å². The number of halogens is 6. The van der Waals surface area contributed by atoms with Gasteiger partial charge in [0.15, 0.2) is 0 Å². The van der Waals surface area contributed by atoms with E-state index >= 15 is 0 Å². The van der Waals surface area contributed by atoms with Crippen LogP contribution in [-0.2, 0) is 29.0 Å². The number of ether oxygens (including phenoxy) is 1. The van der Waals surface area contributed by atoms with Crippen molar-refractivity contribution in [2.24, 2.45) is 11.3 Å². The molecule has 0 amide bonds. The van der Waals surface area contributed by atoms with Crippen molar-refractivity contribution in [3.8, 4) is 0 Å². The molecule has 4 aromatic carbocycles. The van der Waals surface area contributed by atoms with Crippen molar-refractivity contribution in [2.45, 2.75) is 49.1 Å². The molecule has 1 heterocycles. The second-order valence-corrected chi connectivity index (χ2v) is 13.0. The molecule has 3 saturated carbocycles. The number of hydrogen-bond donors (Lipinski definition) is 0.